The maximum atomic E-state index is 9.56. The summed E-state index contributed by atoms with van der Waals surface area (Å²) in [6.45, 7) is 4.54. The van der Waals surface area contributed by atoms with E-state index in [-0.39, 0.29) is 6.10 Å². The van der Waals surface area contributed by atoms with Gasteiger partial charge in [-0.1, -0.05) is 23.2 Å². The van der Waals surface area contributed by atoms with E-state index in [0.29, 0.717) is 16.1 Å². The van der Waals surface area contributed by atoms with Gasteiger partial charge in [0.15, 0.2) is 0 Å². The van der Waals surface area contributed by atoms with Crippen molar-refractivity contribution < 1.29 is 5.11 Å². The number of likely N-dealkylation sites (tertiary alicyclic amines) is 1. The van der Waals surface area contributed by atoms with Crippen LogP contribution in [0.2, 0.25) is 10.2 Å². The number of nitrogens with zero attached hydrogens (tertiary/aromatic N) is 2. The van der Waals surface area contributed by atoms with Gasteiger partial charge in [0.2, 0.25) is 0 Å². The molecule has 5 heteroatoms. The second kappa shape index (κ2) is 6.20. The third-order valence-electron chi connectivity index (χ3n) is 3.57. The minimum absolute atomic E-state index is 0.208. The first-order valence-electron chi connectivity index (χ1n) is 6.27. The summed E-state index contributed by atoms with van der Waals surface area (Å²) in [5, 5.41) is 10.7. The first kappa shape index (κ1) is 14.1. The van der Waals surface area contributed by atoms with Crippen LogP contribution in [0.25, 0.3) is 0 Å². The number of hydrogen-bond donors (Lipinski definition) is 1. The predicted octanol–water partition coefficient (Wildman–Crippen LogP) is 2.98. The number of aromatic nitrogens is 1. The van der Waals surface area contributed by atoms with Crippen LogP contribution in [-0.4, -0.2) is 34.2 Å². The predicted molar refractivity (Wildman–Crippen MR) is 73.9 cm³/mol. The standard InChI is InChI=1S/C13H18Cl2N2O/c1-9(18)10-4-6-17(7-5-10)8-12-11(14)2-3-13(15)16-12/h2-3,9-10,18H,4-8H2,1H3. The highest BCUT2D eigenvalue weighted by Gasteiger charge is 2.23. The molecule has 1 aromatic heterocycles. The molecule has 1 aliphatic rings. The maximum absolute atomic E-state index is 9.56. The number of halogens is 2. The van der Waals surface area contributed by atoms with E-state index in [2.05, 4.69) is 9.88 Å². The molecular weight excluding hydrogens is 271 g/mol. The summed E-state index contributed by atoms with van der Waals surface area (Å²) in [7, 11) is 0. The summed E-state index contributed by atoms with van der Waals surface area (Å²) in [6.07, 6.45) is 1.84. The van der Waals surface area contributed by atoms with Gasteiger partial charge in [0.25, 0.3) is 0 Å². The SMILES string of the molecule is CC(O)C1CCN(Cc2nc(Cl)ccc2Cl)CC1. The van der Waals surface area contributed by atoms with E-state index in [0.717, 1.165) is 38.2 Å². The topological polar surface area (TPSA) is 36.4 Å². The minimum atomic E-state index is -0.208. The van der Waals surface area contributed by atoms with Crippen molar-refractivity contribution in [3.05, 3.63) is 28.0 Å². The summed E-state index contributed by atoms with van der Waals surface area (Å²) in [6, 6.07) is 3.49. The largest absolute Gasteiger partial charge is 0.393 e. The van der Waals surface area contributed by atoms with Crippen molar-refractivity contribution in [2.45, 2.75) is 32.4 Å². The molecule has 0 radical (unpaired) electrons. The van der Waals surface area contributed by atoms with Crippen molar-refractivity contribution in [1.82, 2.24) is 9.88 Å². The van der Waals surface area contributed by atoms with E-state index in [9.17, 15) is 5.11 Å². The van der Waals surface area contributed by atoms with Crippen molar-refractivity contribution in [3.8, 4) is 0 Å². The molecule has 3 nitrogen and oxygen atoms in total. The van der Waals surface area contributed by atoms with Crippen molar-refractivity contribution >= 4 is 23.2 Å². The number of aliphatic hydroxyl groups excluding tert-OH is 1. The second-order valence-electron chi connectivity index (χ2n) is 4.92. The van der Waals surface area contributed by atoms with Crippen LogP contribution in [0.3, 0.4) is 0 Å². The molecule has 0 amide bonds. The van der Waals surface area contributed by atoms with Gasteiger partial charge in [-0.2, -0.15) is 0 Å². The Kier molecular flexibility index (Phi) is 4.84. The fraction of sp³-hybridized carbons (Fsp3) is 0.615. The van der Waals surface area contributed by atoms with Gasteiger partial charge >= 0.3 is 0 Å². The maximum Gasteiger partial charge on any atom is 0.129 e. The monoisotopic (exact) mass is 288 g/mol. The third-order valence-corrected chi connectivity index (χ3v) is 4.13. The van der Waals surface area contributed by atoms with Crippen molar-refractivity contribution in [2.75, 3.05) is 13.1 Å². The van der Waals surface area contributed by atoms with Crippen LogP contribution >= 0.6 is 23.2 Å². The average Bonchev–Trinajstić information content (AvgIpc) is 2.34. The van der Waals surface area contributed by atoms with Crippen LogP contribution in [0, 0.1) is 5.92 Å². The molecule has 18 heavy (non-hydrogen) atoms. The Hall–Kier alpha value is -0.350. The van der Waals surface area contributed by atoms with E-state index < -0.39 is 0 Å². The molecule has 2 rings (SSSR count). The Morgan fingerprint density at radius 3 is 2.67 bits per heavy atom. The molecule has 1 fully saturated rings. The van der Waals surface area contributed by atoms with Gasteiger partial charge < -0.3 is 5.11 Å². The Morgan fingerprint density at radius 2 is 2.06 bits per heavy atom. The molecule has 1 aliphatic heterocycles. The normalized spacial score (nSPS) is 20.0. The lowest BCUT2D eigenvalue weighted by Gasteiger charge is -2.33. The Morgan fingerprint density at radius 1 is 1.39 bits per heavy atom. The Balaban J connectivity index is 1.93. The molecule has 2 heterocycles. The van der Waals surface area contributed by atoms with Gasteiger partial charge in [-0.25, -0.2) is 4.98 Å². The van der Waals surface area contributed by atoms with Gasteiger partial charge in [0.1, 0.15) is 5.15 Å². The molecule has 0 aromatic carbocycles. The van der Waals surface area contributed by atoms with E-state index in [1.54, 1.807) is 12.1 Å². The van der Waals surface area contributed by atoms with Crippen molar-refractivity contribution in [3.63, 3.8) is 0 Å². The second-order valence-corrected chi connectivity index (χ2v) is 5.71. The molecule has 1 unspecified atom stereocenters. The Labute approximate surface area is 118 Å². The minimum Gasteiger partial charge on any atom is -0.393 e. The molecule has 1 aromatic rings. The van der Waals surface area contributed by atoms with Crippen molar-refractivity contribution in [1.29, 1.82) is 0 Å². The highest BCUT2D eigenvalue weighted by molar-refractivity contribution is 6.32. The molecule has 0 bridgehead atoms. The van der Waals surface area contributed by atoms with Crippen LogP contribution < -0.4 is 0 Å². The molecule has 1 saturated heterocycles. The number of aliphatic hydroxyl groups is 1. The number of hydrogen-bond acceptors (Lipinski definition) is 3. The number of pyridine rings is 1. The quantitative estimate of drug-likeness (QED) is 0.869. The van der Waals surface area contributed by atoms with Gasteiger partial charge in [0, 0.05) is 6.54 Å². The van der Waals surface area contributed by atoms with Gasteiger partial charge in [-0.15, -0.1) is 0 Å². The highest BCUT2D eigenvalue weighted by atomic mass is 35.5. The third kappa shape index (κ3) is 3.58. The fourth-order valence-corrected chi connectivity index (χ4v) is 2.70. The molecular formula is C13H18Cl2N2O. The summed E-state index contributed by atoms with van der Waals surface area (Å²) in [4.78, 5) is 6.57. The lowest BCUT2D eigenvalue weighted by Crippen LogP contribution is -2.36. The summed E-state index contributed by atoms with van der Waals surface area (Å²) in [5.74, 6) is 0.420. The van der Waals surface area contributed by atoms with Crippen LogP contribution in [0.1, 0.15) is 25.5 Å². The van der Waals surface area contributed by atoms with Crippen LogP contribution in [0.5, 0.6) is 0 Å². The Bertz CT molecular complexity index is 404. The average molecular weight is 289 g/mol. The lowest BCUT2D eigenvalue weighted by atomic mass is 9.92. The van der Waals surface area contributed by atoms with E-state index in [4.69, 9.17) is 23.2 Å². The zero-order chi connectivity index (χ0) is 13.1. The smallest absolute Gasteiger partial charge is 0.129 e. The van der Waals surface area contributed by atoms with Crippen LogP contribution in [-0.2, 0) is 6.54 Å². The highest BCUT2D eigenvalue weighted by Crippen LogP contribution is 2.24. The van der Waals surface area contributed by atoms with E-state index in [1.165, 1.54) is 0 Å². The molecule has 1 N–H and O–H groups in total. The van der Waals surface area contributed by atoms with Gasteiger partial charge in [-0.05, 0) is 50.9 Å². The first-order chi connectivity index (χ1) is 8.56. The summed E-state index contributed by atoms with van der Waals surface area (Å²) in [5.41, 5.74) is 0.833. The van der Waals surface area contributed by atoms with E-state index in [1.807, 2.05) is 6.92 Å². The van der Waals surface area contributed by atoms with Gasteiger partial charge in [-0.3, -0.25) is 4.90 Å². The molecule has 0 spiro atoms. The molecule has 1 atom stereocenters. The molecule has 0 aliphatic carbocycles. The van der Waals surface area contributed by atoms with Gasteiger partial charge in [0.05, 0.1) is 16.8 Å². The van der Waals surface area contributed by atoms with Crippen LogP contribution in [0.15, 0.2) is 12.1 Å². The fourth-order valence-electron chi connectivity index (χ4n) is 2.37. The van der Waals surface area contributed by atoms with Crippen LogP contribution in [0.4, 0.5) is 0 Å². The first-order valence-corrected chi connectivity index (χ1v) is 7.03. The zero-order valence-electron chi connectivity index (χ0n) is 10.4. The zero-order valence-corrected chi connectivity index (χ0v) is 12.0. The molecule has 100 valence electrons. The summed E-state index contributed by atoms with van der Waals surface area (Å²) >= 11 is 12.0. The lowest BCUT2D eigenvalue weighted by molar-refractivity contribution is 0.0691. The van der Waals surface area contributed by atoms with E-state index >= 15 is 0 Å². The number of piperidine rings is 1. The summed E-state index contributed by atoms with van der Waals surface area (Å²) < 4.78 is 0. The molecule has 0 saturated carbocycles. The number of rotatable bonds is 3. The van der Waals surface area contributed by atoms with Crippen molar-refractivity contribution in [2.24, 2.45) is 5.92 Å².